The number of rotatable bonds is 3. The van der Waals surface area contributed by atoms with E-state index in [2.05, 4.69) is 0 Å². The van der Waals surface area contributed by atoms with E-state index in [1.54, 1.807) is 19.9 Å². The first-order valence-corrected chi connectivity index (χ1v) is 5.00. The van der Waals surface area contributed by atoms with Crippen LogP contribution in [0, 0.1) is 12.8 Å². The number of carboxylic acids is 1. The Bertz CT molecular complexity index is 388. The van der Waals surface area contributed by atoms with Crippen molar-refractivity contribution in [2.75, 3.05) is 0 Å². The highest BCUT2D eigenvalue weighted by Crippen LogP contribution is 2.27. The Morgan fingerprint density at radius 2 is 2.13 bits per heavy atom. The SMILES string of the molecule is Cc1cc(O)cc(CC(C)C(=O)O)c1Cl. The molecule has 1 aromatic carbocycles. The van der Waals surface area contributed by atoms with Crippen molar-refractivity contribution in [2.24, 2.45) is 5.92 Å². The van der Waals surface area contributed by atoms with Gasteiger partial charge in [-0.05, 0) is 36.6 Å². The number of aryl methyl sites for hydroxylation is 1. The molecular weight excluding hydrogens is 216 g/mol. The largest absolute Gasteiger partial charge is 0.508 e. The first-order valence-electron chi connectivity index (χ1n) is 4.62. The highest BCUT2D eigenvalue weighted by Gasteiger charge is 2.15. The Hall–Kier alpha value is -1.22. The predicted octanol–water partition coefficient (Wildman–Crippen LogP) is 2.62. The number of carbonyl (C=O) groups is 1. The molecule has 0 aromatic heterocycles. The van der Waals surface area contributed by atoms with Gasteiger partial charge in [-0.15, -0.1) is 0 Å². The number of phenols is 1. The molecule has 0 radical (unpaired) electrons. The maximum absolute atomic E-state index is 10.7. The normalized spacial score (nSPS) is 12.5. The highest BCUT2D eigenvalue weighted by molar-refractivity contribution is 6.32. The van der Waals surface area contributed by atoms with Gasteiger partial charge in [-0.1, -0.05) is 18.5 Å². The maximum Gasteiger partial charge on any atom is 0.306 e. The number of benzene rings is 1. The quantitative estimate of drug-likeness (QED) is 0.836. The topological polar surface area (TPSA) is 57.5 Å². The first kappa shape index (κ1) is 11.9. The third-order valence-electron chi connectivity index (χ3n) is 2.26. The first-order chi connectivity index (χ1) is 6.91. The molecule has 2 N–H and O–H groups in total. The molecule has 1 atom stereocenters. The van der Waals surface area contributed by atoms with Crippen LogP contribution in [0.1, 0.15) is 18.1 Å². The molecule has 4 heteroatoms. The molecule has 0 amide bonds. The highest BCUT2D eigenvalue weighted by atomic mass is 35.5. The summed E-state index contributed by atoms with van der Waals surface area (Å²) in [4.78, 5) is 10.7. The molecule has 0 aliphatic rings. The van der Waals surface area contributed by atoms with E-state index in [1.807, 2.05) is 0 Å². The summed E-state index contributed by atoms with van der Waals surface area (Å²) < 4.78 is 0. The van der Waals surface area contributed by atoms with Crippen LogP contribution in [0.4, 0.5) is 0 Å². The summed E-state index contributed by atoms with van der Waals surface area (Å²) in [7, 11) is 0. The van der Waals surface area contributed by atoms with Gasteiger partial charge in [-0.25, -0.2) is 0 Å². The Kier molecular flexibility index (Phi) is 3.58. The molecule has 1 aromatic rings. The van der Waals surface area contributed by atoms with Crippen molar-refractivity contribution in [1.82, 2.24) is 0 Å². The summed E-state index contributed by atoms with van der Waals surface area (Å²) in [5, 5.41) is 18.7. The third-order valence-corrected chi connectivity index (χ3v) is 2.80. The van der Waals surface area contributed by atoms with Gasteiger partial charge in [0, 0.05) is 5.02 Å². The Balaban J connectivity index is 2.99. The molecule has 3 nitrogen and oxygen atoms in total. The zero-order valence-electron chi connectivity index (χ0n) is 8.62. The molecular formula is C11H13ClO3. The second-order valence-electron chi connectivity index (χ2n) is 3.68. The summed E-state index contributed by atoms with van der Waals surface area (Å²) in [5.74, 6) is -1.26. The van der Waals surface area contributed by atoms with Gasteiger partial charge in [0.05, 0.1) is 5.92 Å². The van der Waals surface area contributed by atoms with E-state index in [1.165, 1.54) is 6.07 Å². The lowest BCUT2D eigenvalue weighted by atomic mass is 9.99. The maximum atomic E-state index is 10.7. The number of hydrogen-bond donors (Lipinski definition) is 2. The van der Waals surface area contributed by atoms with Crippen LogP contribution in [-0.4, -0.2) is 16.2 Å². The molecule has 0 spiro atoms. The van der Waals surface area contributed by atoms with E-state index >= 15 is 0 Å². The number of halogens is 1. The number of hydrogen-bond acceptors (Lipinski definition) is 2. The van der Waals surface area contributed by atoms with Crippen LogP contribution in [0.5, 0.6) is 5.75 Å². The molecule has 0 saturated carbocycles. The van der Waals surface area contributed by atoms with Gasteiger partial charge in [-0.2, -0.15) is 0 Å². The molecule has 0 heterocycles. The second kappa shape index (κ2) is 4.53. The Morgan fingerprint density at radius 1 is 1.53 bits per heavy atom. The lowest BCUT2D eigenvalue weighted by Crippen LogP contribution is -2.12. The molecule has 1 unspecified atom stereocenters. The molecule has 0 aliphatic carbocycles. The smallest absolute Gasteiger partial charge is 0.306 e. The molecule has 0 aliphatic heterocycles. The van der Waals surface area contributed by atoms with Crippen molar-refractivity contribution < 1.29 is 15.0 Å². The summed E-state index contributed by atoms with van der Waals surface area (Å²) in [5.41, 5.74) is 1.42. The fourth-order valence-electron chi connectivity index (χ4n) is 1.39. The van der Waals surface area contributed by atoms with Gasteiger partial charge in [0.15, 0.2) is 0 Å². The van der Waals surface area contributed by atoms with Crippen molar-refractivity contribution in [1.29, 1.82) is 0 Å². The molecule has 0 fully saturated rings. The van der Waals surface area contributed by atoms with Crippen molar-refractivity contribution in [3.63, 3.8) is 0 Å². The van der Waals surface area contributed by atoms with E-state index in [-0.39, 0.29) is 5.75 Å². The monoisotopic (exact) mass is 228 g/mol. The van der Waals surface area contributed by atoms with Crippen LogP contribution in [0.3, 0.4) is 0 Å². The van der Waals surface area contributed by atoms with Crippen LogP contribution in [0.15, 0.2) is 12.1 Å². The van der Waals surface area contributed by atoms with Gasteiger partial charge in [0.25, 0.3) is 0 Å². The van der Waals surface area contributed by atoms with Crippen molar-refractivity contribution in [3.8, 4) is 5.75 Å². The van der Waals surface area contributed by atoms with Crippen LogP contribution in [0.25, 0.3) is 0 Å². The third kappa shape index (κ3) is 2.86. The molecule has 15 heavy (non-hydrogen) atoms. The van der Waals surface area contributed by atoms with E-state index in [4.69, 9.17) is 16.7 Å². The summed E-state index contributed by atoms with van der Waals surface area (Å²) >= 11 is 6.01. The Labute approximate surface area is 93.3 Å². The van der Waals surface area contributed by atoms with Crippen molar-refractivity contribution in [3.05, 3.63) is 28.3 Å². The molecule has 0 bridgehead atoms. The molecule has 0 saturated heterocycles. The van der Waals surface area contributed by atoms with Crippen LogP contribution in [-0.2, 0) is 11.2 Å². The van der Waals surface area contributed by atoms with Gasteiger partial charge >= 0.3 is 5.97 Å². The van der Waals surface area contributed by atoms with Crippen LogP contribution < -0.4 is 0 Å². The summed E-state index contributed by atoms with van der Waals surface area (Å²) in [6.07, 6.45) is 0.323. The van der Waals surface area contributed by atoms with Crippen LogP contribution >= 0.6 is 11.6 Å². The van der Waals surface area contributed by atoms with Gasteiger partial charge in [0.2, 0.25) is 0 Å². The number of aromatic hydroxyl groups is 1. The fourth-order valence-corrected chi connectivity index (χ4v) is 1.57. The number of carboxylic acid groups (broad SMARTS) is 1. The zero-order valence-corrected chi connectivity index (χ0v) is 9.38. The molecule has 1 rings (SSSR count). The summed E-state index contributed by atoms with van der Waals surface area (Å²) in [6.45, 7) is 3.38. The predicted molar refractivity (Wildman–Crippen MR) is 58.4 cm³/mol. The minimum atomic E-state index is -0.868. The van der Waals surface area contributed by atoms with Crippen molar-refractivity contribution in [2.45, 2.75) is 20.3 Å². The van der Waals surface area contributed by atoms with E-state index in [0.717, 1.165) is 5.56 Å². The minimum Gasteiger partial charge on any atom is -0.508 e. The molecule has 82 valence electrons. The lowest BCUT2D eigenvalue weighted by molar-refractivity contribution is -0.141. The Morgan fingerprint density at radius 3 is 2.67 bits per heavy atom. The van der Waals surface area contributed by atoms with Crippen molar-refractivity contribution >= 4 is 17.6 Å². The second-order valence-corrected chi connectivity index (χ2v) is 4.06. The average molecular weight is 229 g/mol. The lowest BCUT2D eigenvalue weighted by Gasteiger charge is -2.10. The van der Waals surface area contributed by atoms with E-state index in [0.29, 0.717) is 17.0 Å². The van der Waals surface area contributed by atoms with E-state index < -0.39 is 11.9 Å². The number of aliphatic carboxylic acids is 1. The van der Waals surface area contributed by atoms with Gasteiger partial charge in [-0.3, -0.25) is 4.79 Å². The van der Waals surface area contributed by atoms with Crippen LogP contribution in [0.2, 0.25) is 5.02 Å². The van der Waals surface area contributed by atoms with Gasteiger partial charge in [0.1, 0.15) is 5.75 Å². The minimum absolute atomic E-state index is 0.115. The number of phenolic OH excluding ortho intramolecular Hbond substituents is 1. The average Bonchev–Trinajstić information content (AvgIpc) is 2.13. The summed E-state index contributed by atoms with van der Waals surface area (Å²) in [6, 6.07) is 3.06. The standard InChI is InChI=1S/C11H13ClO3/c1-6-4-9(13)5-8(10(6)12)3-7(2)11(14)15/h4-5,7,13H,3H2,1-2H3,(H,14,15). The van der Waals surface area contributed by atoms with E-state index in [9.17, 15) is 9.90 Å². The van der Waals surface area contributed by atoms with Gasteiger partial charge < -0.3 is 10.2 Å². The zero-order chi connectivity index (χ0) is 11.6. The fraction of sp³-hybridized carbons (Fsp3) is 0.364.